The Morgan fingerprint density at radius 3 is 2.62 bits per heavy atom. The largest absolute Gasteiger partial charge is 0.310 e. The fourth-order valence-corrected chi connectivity index (χ4v) is 3.30. The van der Waals surface area contributed by atoms with Crippen molar-refractivity contribution in [1.29, 1.82) is 0 Å². The van der Waals surface area contributed by atoms with Gasteiger partial charge in [-0.15, -0.1) is 0 Å². The van der Waals surface area contributed by atoms with Crippen LogP contribution >= 0.6 is 27.5 Å². The normalized spacial score (nSPS) is 10.8. The van der Waals surface area contributed by atoms with Crippen LogP contribution in [-0.2, 0) is 18.3 Å². The van der Waals surface area contributed by atoms with Gasteiger partial charge >= 0.3 is 0 Å². The monoisotopic (exact) mass is 435 g/mol. The van der Waals surface area contributed by atoms with Crippen LogP contribution in [-0.4, -0.2) is 15.7 Å². The van der Waals surface area contributed by atoms with Crippen LogP contribution in [0, 0.1) is 12.7 Å². The minimum absolute atomic E-state index is 0.157. The number of rotatable bonds is 4. The standard InChI is InChI=1S/C19H16BrClFN3O/c1-11-18(12-6-8-13(20)9-7-12)19(25(2)24-11)23-17(26)10-14-15(21)4-3-5-16(14)22/h3-9H,10H2,1-2H3,(H,23,26). The third-order valence-electron chi connectivity index (χ3n) is 4.01. The number of amides is 1. The van der Waals surface area contributed by atoms with Crippen LogP contribution < -0.4 is 5.32 Å². The molecule has 0 unspecified atom stereocenters. The summed E-state index contributed by atoms with van der Waals surface area (Å²) < 4.78 is 16.5. The molecule has 1 amide bonds. The molecule has 134 valence electrons. The Balaban J connectivity index is 1.90. The van der Waals surface area contributed by atoms with Crippen molar-refractivity contribution < 1.29 is 9.18 Å². The summed E-state index contributed by atoms with van der Waals surface area (Å²) in [6.07, 6.45) is -0.157. The fraction of sp³-hybridized carbons (Fsp3) is 0.158. The maximum atomic E-state index is 13.9. The first-order valence-corrected chi connectivity index (χ1v) is 9.06. The molecule has 1 N–H and O–H groups in total. The Labute approximate surface area is 164 Å². The van der Waals surface area contributed by atoms with E-state index in [-0.39, 0.29) is 22.9 Å². The Morgan fingerprint density at radius 2 is 1.96 bits per heavy atom. The van der Waals surface area contributed by atoms with Gasteiger partial charge in [-0.1, -0.05) is 45.7 Å². The molecule has 4 nitrogen and oxygen atoms in total. The molecule has 0 bridgehead atoms. The van der Waals surface area contributed by atoms with Gasteiger partial charge in [0.2, 0.25) is 5.91 Å². The molecule has 3 rings (SSSR count). The highest BCUT2D eigenvalue weighted by atomic mass is 79.9. The minimum Gasteiger partial charge on any atom is -0.310 e. The molecule has 0 spiro atoms. The molecule has 0 atom stereocenters. The van der Waals surface area contributed by atoms with E-state index in [1.165, 1.54) is 12.1 Å². The van der Waals surface area contributed by atoms with E-state index in [0.717, 1.165) is 21.3 Å². The lowest BCUT2D eigenvalue weighted by Crippen LogP contribution is -2.18. The van der Waals surface area contributed by atoms with E-state index in [1.54, 1.807) is 17.8 Å². The fourth-order valence-electron chi connectivity index (χ4n) is 2.80. The van der Waals surface area contributed by atoms with Gasteiger partial charge in [0, 0.05) is 27.7 Å². The lowest BCUT2D eigenvalue weighted by atomic mass is 10.1. The lowest BCUT2D eigenvalue weighted by molar-refractivity contribution is -0.115. The molecular weight excluding hydrogens is 421 g/mol. The summed E-state index contributed by atoms with van der Waals surface area (Å²) >= 11 is 9.42. The van der Waals surface area contributed by atoms with E-state index < -0.39 is 5.82 Å². The van der Waals surface area contributed by atoms with Crippen LogP contribution in [0.1, 0.15) is 11.3 Å². The summed E-state index contributed by atoms with van der Waals surface area (Å²) in [6.45, 7) is 1.88. The number of nitrogens with one attached hydrogen (secondary N) is 1. The Morgan fingerprint density at radius 1 is 1.27 bits per heavy atom. The molecule has 2 aromatic carbocycles. The van der Waals surface area contributed by atoms with Crippen LogP contribution in [0.25, 0.3) is 11.1 Å². The molecule has 3 aromatic rings. The summed E-state index contributed by atoms with van der Waals surface area (Å²) in [6, 6.07) is 12.1. The maximum absolute atomic E-state index is 13.9. The van der Waals surface area contributed by atoms with Crippen LogP contribution in [0.2, 0.25) is 5.02 Å². The van der Waals surface area contributed by atoms with Crippen molar-refractivity contribution in [3.63, 3.8) is 0 Å². The van der Waals surface area contributed by atoms with Crippen molar-refractivity contribution in [1.82, 2.24) is 9.78 Å². The minimum atomic E-state index is -0.498. The quantitative estimate of drug-likeness (QED) is 0.616. The van der Waals surface area contributed by atoms with Crippen LogP contribution in [0.15, 0.2) is 46.9 Å². The van der Waals surface area contributed by atoms with Crippen molar-refractivity contribution in [2.24, 2.45) is 7.05 Å². The number of anilines is 1. The van der Waals surface area contributed by atoms with Crippen molar-refractivity contribution in [2.45, 2.75) is 13.3 Å². The van der Waals surface area contributed by atoms with E-state index in [0.29, 0.717) is 5.82 Å². The lowest BCUT2D eigenvalue weighted by Gasteiger charge is -2.10. The van der Waals surface area contributed by atoms with Gasteiger partial charge < -0.3 is 5.32 Å². The summed E-state index contributed by atoms with van der Waals surface area (Å²) in [4.78, 5) is 12.5. The Kier molecular flexibility index (Phi) is 5.44. The molecule has 0 radical (unpaired) electrons. The summed E-state index contributed by atoms with van der Waals surface area (Å²) in [5.41, 5.74) is 2.72. The molecule has 1 aromatic heterocycles. The van der Waals surface area contributed by atoms with Gasteiger partial charge in [0.15, 0.2) is 0 Å². The topological polar surface area (TPSA) is 46.9 Å². The molecule has 0 saturated carbocycles. The smallest absolute Gasteiger partial charge is 0.230 e. The zero-order chi connectivity index (χ0) is 18.8. The summed E-state index contributed by atoms with van der Waals surface area (Å²) in [5.74, 6) is -0.303. The van der Waals surface area contributed by atoms with E-state index >= 15 is 0 Å². The summed E-state index contributed by atoms with van der Waals surface area (Å²) in [5, 5.41) is 7.47. The van der Waals surface area contributed by atoms with Crippen LogP contribution in [0.3, 0.4) is 0 Å². The van der Waals surface area contributed by atoms with Crippen molar-refractivity contribution >= 4 is 39.3 Å². The SMILES string of the molecule is Cc1nn(C)c(NC(=O)Cc2c(F)cccc2Cl)c1-c1ccc(Br)cc1. The summed E-state index contributed by atoms with van der Waals surface area (Å²) in [7, 11) is 1.75. The number of hydrogen-bond donors (Lipinski definition) is 1. The second-order valence-electron chi connectivity index (χ2n) is 5.86. The third kappa shape index (κ3) is 3.81. The van der Waals surface area contributed by atoms with E-state index in [2.05, 4.69) is 26.3 Å². The second kappa shape index (κ2) is 7.60. The zero-order valence-electron chi connectivity index (χ0n) is 14.2. The number of benzene rings is 2. The van der Waals surface area contributed by atoms with Crippen molar-refractivity contribution in [3.05, 3.63) is 69.0 Å². The van der Waals surface area contributed by atoms with Gasteiger partial charge in [-0.3, -0.25) is 9.48 Å². The maximum Gasteiger partial charge on any atom is 0.230 e. The van der Waals surface area contributed by atoms with E-state index in [9.17, 15) is 9.18 Å². The Hall–Kier alpha value is -2.18. The third-order valence-corrected chi connectivity index (χ3v) is 4.89. The number of carbonyl (C=O) groups is 1. The molecule has 7 heteroatoms. The Bertz CT molecular complexity index is 949. The first-order valence-electron chi connectivity index (χ1n) is 7.89. The molecule has 1 heterocycles. The van der Waals surface area contributed by atoms with Crippen molar-refractivity contribution in [3.8, 4) is 11.1 Å². The predicted molar refractivity (Wildman–Crippen MR) is 105 cm³/mol. The number of hydrogen-bond acceptors (Lipinski definition) is 2. The number of carbonyl (C=O) groups excluding carboxylic acids is 1. The van der Waals surface area contributed by atoms with Gasteiger partial charge in [0.05, 0.1) is 12.1 Å². The molecule has 26 heavy (non-hydrogen) atoms. The van der Waals surface area contributed by atoms with Crippen LogP contribution in [0.4, 0.5) is 10.2 Å². The average Bonchev–Trinajstić information content (AvgIpc) is 2.86. The molecular formula is C19H16BrClFN3O. The van der Waals surface area contributed by atoms with Gasteiger partial charge in [-0.05, 0) is 36.8 Å². The number of nitrogens with zero attached hydrogens (tertiary/aromatic N) is 2. The highest BCUT2D eigenvalue weighted by Gasteiger charge is 2.19. The first kappa shape index (κ1) is 18.6. The average molecular weight is 437 g/mol. The number of aromatic nitrogens is 2. The number of halogens is 3. The highest BCUT2D eigenvalue weighted by molar-refractivity contribution is 9.10. The first-order chi connectivity index (χ1) is 12.4. The van der Waals surface area contributed by atoms with Crippen LogP contribution in [0.5, 0.6) is 0 Å². The molecule has 0 aliphatic rings. The van der Waals surface area contributed by atoms with Gasteiger partial charge in [-0.2, -0.15) is 5.10 Å². The molecule has 0 saturated heterocycles. The predicted octanol–water partition coefficient (Wildman–Crippen LogP) is 5.13. The zero-order valence-corrected chi connectivity index (χ0v) is 16.5. The molecule has 0 aliphatic heterocycles. The highest BCUT2D eigenvalue weighted by Crippen LogP contribution is 2.32. The van der Waals surface area contributed by atoms with E-state index in [1.807, 2.05) is 31.2 Å². The molecule has 0 aliphatic carbocycles. The van der Waals surface area contributed by atoms with Gasteiger partial charge in [0.1, 0.15) is 11.6 Å². The van der Waals surface area contributed by atoms with Crippen molar-refractivity contribution in [2.75, 3.05) is 5.32 Å². The van der Waals surface area contributed by atoms with E-state index in [4.69, 9.17) is 11.6 Å². The van der Waals surface area contributed by atoms with Gasteiger partial charge in [0.25, 0.3) is 0 Å². The second-order valence-corrected chi connectivity index (χ2v) is 7.19. The number of aryl methyl sites for hydroxylation is 2. The molecule has 0 fully saturated rings. The van der Waals surface area contributed by atoms with Gasteiger partial charge in [-0.25, -0.2) is 4.39 Å².